The molecule has 138 valence electrons. The van der Waals surface area contributed by atoms with Crippen LogP contribution in [0.5, 0.6) is 5.88 Å². The number of nitrogens with one attached hydrogen (secondary N) is 2. The van der Waals surface area contributed by atoms with Gasteiger partial charge in [0, 0.05) is 0 Å². The molecule has 7 heteroatoms. The average molecular weight is 364 g/mol. The van der Waals surface area contributed by atoms with Crippen LogP contribution in [-0.4, -0.2) is 20.4 Å². The predicted octanol–water partition coefficient (Wildman–Crippen LogP) is 2.77. The third-order valence-corrected chi connectivity index (χ3v) is 4.16. The number of hydrogen-bond donors (Lipinski definition) is 3. The Morgan fingerprint density at radius 2 is 1.78 bits per heavy atom. The van der Waals surface area contributed by atoms with Crippen LogP contribution in [0.1, 0.15) is 24.5 Å². The maximum Gasteiger partial charge on any atom is 0.335 e. The molecular formula is C20H20N4O3. The van der Waals surface area contributed by atoms with E-state index in [4.69, 9.17) is 0 Å². The SMILES string of the molecule is CCC(=NNc1ccccc1)c1c(O)n(-c2ccccc2C)c(=O)[nH]c1=O. The Hall–Kier alpha value is -3.61. The lowest BCUT2D eigenvalue weighted by atomic mass is 10.1. The summed E-state index contributed by atoms with van der Waals surface area (Å²) in [5.74, 6) is -0.437. The topological polar surface area (TPSA) is 99.5 Å². The second-order valence-corrected chi connectivity index (χ2v) is 5.97. The highest BCUT2D eigenvalue weighted by molar-refractivity contribution is 6.02. The molecule has 2 aromatic carbocycles. The van der Waals surface area contributed by atoms with Crippen LogP contribution >= 0.6 is 0 Å². The van der Waals surface area contributed by atoms with E-state index in [2.05, 4.69) is 15.5 Å². The number of para-hydroxylation sites is 2. The summed E-state index contributed by atoms with van der Waals surface area (Å²) >= 11 is 0. The number of hydrazone groups is 1. The van der Waals surface area contributed by atoms with Crippen LogP contribution in [0.3, 0.4) is 0 Å². The van der Waals surface area contributed by atoms with E-state index < -0.39 is 17.1 Å². The smallest absolute Gasteiger partial charge is 0.335 e. The molecule has 27 heavy (non-hydrogen) atoms. The van der Waals surface area contributed by atoms with E-state index in [-0.39, 0.29) is 5.56 Å². The fourth-order valence-electron chi connectivity index (χ4n) is 2.78. The van der Waals surface area contributed by atoms with Crippen LogP contribution in [0.4, 0.5) is 5.69 Å². The molecule has 0 amide bonds. The number of benzene rings is 2. The van der Waals surface area contributed by atoms with Crippen molar-refractivity contribution < 1.29 is 5.11 Å². The van der Waals surface area contributed by atoms with Crippen molar-refractivity contribution in [1.29, 1.82) is 0 Å². The first-order chi connectivity index (χ1) is 13.0. The average Bonchev–Trinajstić information content (AvgIpc) is 2.66. The van der Waals surface area contributed by atoms with Gasteiger partial charge < -0.3 is 5.11 Å². The van der Waals surface area contributed by atoms with Gasteiger partial charge in [-0.15, -0.1) is 0 Å². The third-order valence-electron chi connectivity index (χ3n) is 4.16. The molecule has 0 aliphatic rings. The number of aryl methyl sites for hydroxylation is 1. The van der Waals surface area contributed by atoms with Crippen LogP contribution in [0.2, 0.25) is 0 Å². The Balaban J connectivity index is 2.15. The third kappa shape index (κ3) is 3.67. The Bertz CT molecular complexity index is 1100. The first-order valence-corrected chi connectivity index (χ1v) is 8.55. The highest BCUT2D eigenvalue weighted by Gasteiger charge is 2.20. The van der Waals surface area contributed by atoms with Crippen molar-refractivity contribution in [2.24, 2.45) is 5.10 Å². The summed E-state index contributed by atoms with van der Waals surface area (Å²) in [4.78, 5) is 27.0. The van der Waals surface area contributed by atoms with E-state index in [0.29, 0.717) is 17.8 Å². The van der Waals surface area contributed by atoms with Gasteiger partial charge in [-0.1, -0.05) is 43.3 Å². The number of hydrogen-bond acceptors (Lipinski definition) is 5. The first-order valence-electron chi connectivity index (χ1n) is 8.55. The highest BCUT2D eigenvalue weighted by atomic mass is 16.3. The van der Waals surface area contributed by atoms with Crippen LogP contribution in [0, 0.1) is 6.92 Å². The summed E-state index contributed by atoms with van der Waals surface area (Å²) in [6.45, 7) is 3.63. The number of aromatic hydroxyl groups is 1. The highest BCUT2D eigenvalue weighted by Crippen LogP contribution is 2.20. The van der Waals surface area contributed by atoms with E-state index in [1.54, 1.807) is 12.1 Å². The van der Waals surface area contributed by atoms with E-state index >= 15 is 0 Å². The largest absolute Gasteiger partial charge is 0.493 e. The van der Waals surface area contributed by atoms with Crippen molar-refractivity contribution in [2.45, 2.75) is 20.3 Å². The van der Waals surface area contributed by atoms with Crippen molar-refractivity contribution in [2.75, 3.05) is 5.43 Å². The first kappa shape index (κ1) is 18.2. The van der Waals surface area contributed by atoms with E-state index in [0.717, 1.165) is 15.8 Å². The normalized spacial score (nSPS) is 11.4. The lowest BCUT2D eigenvalue weighted by molar-refractivity contribution is 0.429. The van der Waals surface area contributed by atoms with Crippen molar-refractivity contribution in [3.05, 3.63) is 86.6 Å². The molecule has 0 fully saturated rings. The Labute approximate surface area is 155 Å². The van der Waals surface area contributed by atoms with Crippen LogP contribution in [0.15, 0.2) is 69.3 Å². The molecule has 0 bridgehead atoms. The van der Waals surface area contributed by atoms with Crippen molar-refractivity contribution >= 4 is 11.4 Å². The summed E-state index contributed by atoms with van der Waals surface area (Å²) in [6.07, 6.45) is 0.377. The number of rotatable bonds is 5. The Kier molecular flexibility index (Phi) is 5.21. The molecule has 0 saturated carbocycles. The molecule has 0 unspecified atom stereocenters. The molecule has 0 aliphatic heterocycles. The molecule has 0 radical (unpaired) electrons. The summed E-state index contributed by atoms with van der Waals surface area (Å²) in [5.41, 5.74) is 3.79. The van der Waals surface area contributed by atoms with Crippen molar-refractivity contribution in [1.82, 2.24) is 9.55 Å². The minimum absolute atomic E-state index is 0.0382. The van der Waals surface area contributed by atoms with Crippen LogP contribution in [0.25, 0.3) is 5.69 Å². The standard InChI is InChI=1S/C20H20N4O3/c1-3-15(23-22-14-10-5-4-6-11-14)17-18(25)21-20(27)24(19(17)26)16-12-8-7-9-13(16)2/h4-12,22,26H,3H2,1-2H3,(H,21,25,27). The molecule has 7 nitrogen and oxygen atoms in total. The van der Waals surface area contributed by atoms with Gasteiger partial charge in [0.1, 0.15) is 5.56 Å². The van der Waals surface area contributed by atoms with Gasteiger partial charge >= 0.3 is 5.69 Å². The Morgan fingerprint density at radius 1 is 1.11 bits per heavy atom. The minimum Gasteiger partial charge on any atom is -0.493 e. The van der Waals surface area contributed by atoms with Gasteiger partial charge in [-0.25, -0.2) is 9.36 Å². The maximum absolute atomic E-state index is 12.4. The molecule has 3 N–H and O–H groups in total. The molecule has 1 aromatic heterocycles. The molecule has 0 atom stereocenters. The molecule has 1 heterocycles. The number of aromatic amines is 1. The van der Waals surface area contributed by atoms with Gasteiger partial charge in [0.25, 0.3) is 5.56 Å². The summed E-state index contributed by atoms with van der Waals surface area (Å²) in [6, 6.07) is 16.3. The number of aromatic nitrogens is 2. The van der Waals surface area contributed by atoms with Gasteiger partial charge in [0.15, 0.2) is 0 Å². The molecule has 0 spiro atoms. The minimum atomic E-state index is -0.706. The predicted molar refractivity (Wildman–Crippen MR) is 106 cm³/mol. The summed E-state index contributed by atoms with van der Waals surface area (Å²) in [5, 5.41) is 15.0. The zero-order valence-electron chi connectivity index (χ0n) is 15.1. The van der Waals surface area contributed by atoms with E-state index in [9.17, 15) is 14.7 Å². The lowest BCUT2D eigenvalue weighted by Gasteiger charge is -2.14. The molecular weight excluding hydrogens is 344 g/mol. The number of nitrogens with zero attached hydrogens (tertiary/aromatic N) is 2. The monoisotopic (exact) mass is 364 g/mol. The Morgan fingerprint density at radius 3 is 2.44 bits per heavy atom. The fourth-order valence-corrected chi connectivity index (χ4v) is 2.78. The van der Waals surface area contributed by atoms with Gasteiger partial charge in [-0.2, -0.15) is 5.10 Å². The second-order valence-electron chi connectivity index (χ2n) is 5.97. The fraction of sp³-hybridized carbons (Fsp3) is 0.150. The maximum atomic E-state index is 12.4. The van der Waals surface area contributed by atoms with Crippen molar-refractivity contribution in [3.63, 3.8) is 0 Å². The summed E-state index contributed by atoms with van der Waals surface area (Å²) < 4.78 is 1.08. The zero-order chi connectivity index (χ0) is 19.4. The zero-order valence-corrected chi connectivity index (χ0v) is 15.1. The van der Waals surface area contributed by atoms with Crippen LogP contribution in [-0.2, 0) is 0 Å². The molecule has 0 aliphatic carbocycles. The number of H-pyrrole nitrogens is 1. The molecule has 0 saturated heterocycles. The molecule has 3 aromatic rings. The van der Waals surface area contributed by atoms with Gasteiger partial charge in [0.05, 0.1) is 17.1 Å². The van der Waals surface area contributed by atoms with Gasteiger partial charge in [0.2, 0.25) is 5.88 Å². The summed E-state index contributed by atoms with van der Waals surface area (Å²) in [7, 11) is 0. The van der Waals surface area contributed by atoms with Gasteiger partial charge in [-0.3, -0.25) is 15.2 Å². The number of anilines is 1. The molecule has 3 rings (SSSR count). The van der Waals surface area contributed by atoms with Crippen molar-refractivity contribution in [3.8, 4) is 11.6 Å². The van der Waals surface area contributed by atoms with Crippen LogP contribution < -0.4 is 16.7 Å². The van der Waals surface area contributed by atoms with E-state index in [1.165, 1.54) is 0 Å². The van der Waals surface area contributed by atoms with Gasteiger partial charge in [-0.05, 0) is 37.1 Å². The lowest BCUT2D eigenvalue weighted by Crippen LogP contribution is -2.33. The second kappa shape index (κ2) is 7.74. The quantitative estimate of drug-likeness (QED) is 0.479. The van der Waals surface area contributed by atoms with E-state index in [1.807, 2.05) is 56.3 Å².